The normalized spacial score (nSPS) is 29.0. The number of hydrogen-bond donors (Lipinski definition) is 2. The van der Waals surface area contributed by atoms with Crippen LogP contribution in [-0.2, 0) is 9.47 Å². The van der Waals surface area contributed by atoms with E-state index in [1.807, 2.05) is 67.6 Å². The van der Waals surface area contributed by atoms with Crippen molar-refractivity contribution in [2.45, 2.75) is 49.8 Å². The van der Waals surface area contributed by atoms with E-state index < -0.39 is 24.4 Å². The quantitative estimate of drug-likeness (QED) is 0.812. The smallest absolute Gasteiger partial charge is 0.132 e. The number of benzene rings is 2. The Labute approximate surface area is 159 Å². The molecule has 1 saturated heterocycles. The standard InChI is InChI=1S/C21H26O4S/c1-3-26-21-20(18(23)17(22)14(2)24-21)25-19(15-10-6-4-7-11-15)16-12-8-5-9-13-16/h4-14,17-23H,3H2,1-2H3/t14-,17-,18+,20+,21-/m0/s1. The van der Waals surface area contributed by atoms with Crippen LogP contribution in [0.3, 0.4) is 0 Å². The summed E-state index contributed by atoms with van der Waals surface area (Å²) in [5, 5.41) is 21.0. The predicted octanol–water partition coefficient (Wildman–Crippen LogP) is 3.38. The van der Waals surface area contributed by atoms with Crippen molar-refractivity contribution in [2.24, 2.45) is 0 Å². The molecule has 5 atom stereocenters. The van der Waals surface area contributed by atoms with Gasteiger partial charge in [-0.2, -0.15) is 0 Å². The Morgan fingerprint density at radius 2 is 1.50 bits per heavy atom. The zero-order chi connectivity index (χ0) is 18.5. The van der Waals surface area contributed by atoms with Crippen LogP contribution < -0.4 is 0 Å². The van der Waals surface area contributed by atoms with Crippen LogP contribution in [0.5, 0.6) is 0 Å². The molecule has 2 aromatic rings. The van der Waals surface area contributed by atoms with Crippen molar-refractivity contribution in [3.05, 3.63) is 71.8 Å². The second-order valence-corrected chi connectivity index (χ2v) is 7.82. The van der Waals surface area contributed by atoms with Gasteiger partial charge in [-0.25, -0.2) is 0 Å². The van der Waals surface area contributed by atoms with Crippen LogP contribution in [0.4, 0.5) is 0 Å². The molecule has 2 aromatic carbocycles. The Bertz CT molecular complexity index is 627. The number of rotatable bonds is 6. The average Bonchev–Trinajstić information content (AvgIpc) is 2.68. The number of aliphatic hydroxyl groups excluding tert-OH is 2. The maximum absolute atomic E-state index is 10.7. The molecule has 0 amide bonds. The third-order valence-electron chi connectivity index (χ3n) is 4.61. The largest absolute Gasteiger partial charge is 0.388 e. The summed E-state index contributed by atoms with van der Waals surface area (Å²) in [7, 11) is 0. The van der Waals surface area contributed by atoms with Gasteiger partial charge in [0.2, 0.25) is 0 Å². The lowest BCUT2D eigenvalue weighted by molar-refractivity contribution is -0.215. The molecule has 0 bridgehead atoms. The minimum Gasteiger partial charge on any atom is -0.388 e. The van der Waals surface area contributed by atoms with E-state index in [1.54, 1.807) is 18.7 Å². The first-order valence-corrected chi connectivity index (χ1v) is 10.0. The minimum absolute atomic E-state index is 0.330. The highest BCUT2D eigenvalue weighted by atomic mass is 32.2. The Balaban J connectivity index is 1.91. The summed E-state index contributed by atoms with van der Waals surface area (Å²) in [5.74, 6) is 0.835. The van der Waals surface area contributed by atoms with E-state index in [0.29, 0.717) is 0 Å². The SMILES string of the molecule is CCS[C@@H]1O[C@@H](C)[C@H](O)[C@@H](O)[C@H]1OC(c1ccccc1)c1ccccc1. The van der Waals surface area contributed by atoms with Crippen molar-refractivity contribution in [3.8, 4) is 0 Å². The average molecular weight is 375 g/mol. The number of thioether (sulfide) groups is 1. The van der Waals surface area contributed by atoms with E-state index in [1.165, 1.54) is 0 Å². The lowest BCUT2D eigenvalue weighted by Crippen LogP contribution is -2.56. The summed E-state index contributed by atoms with van der Waals surface area (Å²) in [4.78, 5) is 0. The highest BCUT2D eigenvalue weighted by molar-refractivity contribution is 7.99. The van der Waals surface area contributed by atoms with Gasteiger partial charge >= 0.3 is 0 Å². The number of hydrogen-bond acceptors (Lipinski definition) is 5. The molecule has 2 N–H and O–H groups in total. The fourth-order valence-corrected chi connectivity index (χ4v) is 4.21. The first-order valence-electron chi connectivity index (χ1n) is 9.00. The number of ether oxygens (including phenoxy) is 2. The molecule has 4 nitrogen and oxygen atoms in total. The minimum atomic E-state index is -1.00. The lowest BCUT2D eigenvalue weighted by Gasteiger charge is -2.42. The molecule has 0 aromatic heterocycles. The molecule has 1 aliphatic heterocycles. The first-order chi connectivity index (χ1) is 12.6. The summed E-state index contributed by atoms with van der Waals surface area (Å²) in [6.07, 6.45) is -3.38. The van der Waals surface area contributed by atoms with E-state index in [2.05, 4.69) is 0 Å². The van der Waals surface area contributed by atoms with Crippen molar-refractivity contribution in [2.75, 3.05) is 5.75 Å². The molecule has 0 saturated carbocycles. The monoisotopic (exact) mass is 374 g/mol. The fraction of sp³-hybridized carbons (Fsp3) is 0.429. The van der Waals surface area contributed by atoms with Crippen LogP contribution in [-0.4, -0.2) is 45.8 Å². The van der Waals surface area contributed by atoms with Gasteiger partial charge in [-0.3, -0.25) is 0 Å². The molecular weight excluding hydrogens is 348 g/mol. The molecule has 0 spiro atoms. The molecule has 1 fully saturated rings. The summed E-state index contributed by atoms with van der Waals surface area (Å²) >= 11 is 1.58. The number of aliphatic hydroxyl groups is 2. The molecule has 1 heterocycles. The van der Waals surface area contributed by atoms with Crippen molar-refractivity contribution >= 4 is 11.8 Å². The Morgan fingerprint density at radius 1 is 0.962 bits per heavy atom. The Hall–Kier alpha value is -1.37. The fourth-order valence-electron chi connectivity index (χ4n) is 3.21. The third-order valence-corrected chi connectivity index (χ3v) is 5.65. The van der Waals surface area contributed by atoms with E-state index >= 15 is 0 Å². The van der Waals surface area contributed by atoms with Gasteiger partial charge in [0.15, 0.2) is 0 Å². The topological polar surface area (TPSA) is 58.9 Å². The van der Waals surface area contributed by atoms with E-state index in [-0.39, 0.29) is 11.5 Å². The maximum atomic E-state index is 10.7. The lowest BCUT2D eigenvalue weighted by atomic mass is 9.98. The van der Waals surface area contributed by atoms with Gasteiger partial charge in [-0.05, 0) is 23.8 Å². The van der Waals surface area contributed by atoms with Gasteiger partial charge < -0.3 is 19.7 Å². The van der Waals surface area contributed by atoms with Crippen LogP contribution >= 0.6 is 11.8 Å². The second kappa shape index (κ2) is 9.02. The molecule has 140 valence electrons. The maximum Gasteiger partial charge on any atom is 0.132 e. The third kappa shape index (κ3) is 4.30. The van der Waals surface area contributed by atoms with Gasteiger partial charge in [0.1, 0.15) is 29.9 Å². The highest BCUT2D eigenvalue weighted by Gasteiger charge is 2.44. The molecular formula is C21H26O4S. The van der Waals surface area contributed by atoms with E-state index in [4.69, 9.17) is 9.47 Å². The van der Waals surface area contributed by atoms with Crippen LogP contribution in [0.1, 0.15) is 31.1 Å². The summed E-state index contributed by atoms with van der Waals surface area (Å²) in [6.45, 7) is 3.82. The summed E-state index contributed by atoms with van der Waals surface area (Å²) in [5.41, 5.74) is 1.67. The molecule has 0 aliphatic carbocycles. The van der Waals surface area contributed by atoms with Crippen LogP contribution in [0.2, 0.25) is 0 Å². The molecule has 0 unspecified atom stereocenters. The van der Waals surface area contributed by atoms with Gasteiger partial charge in [-0.15, -0.1) is 11.8 Å². The Kier molecular flexibility index (Phi) is 6.73. The van der Waals surface area contributed by atoms with Crippen LogP contribution in [0.25, 0.3) is 0 Å². The molecule has 26 heavy (non-hydrogen) atoms. The van der Waals surface area contributed by atoms with Gasteiger partial charge in [0.25, 0.3) is 0 Å². The zero-order valence-electron chi connectivity index (χ0n) is 15.1. The molecule has 3 rings (SSSR count). The van der Waals surface area contributed by atoms with E-state index in [9.17, 15) is 10.2 Å². The van der Waals surface area contributed by atoms with Gasteiger partial charge in [-0.1, -0.05) is 67.6 Å². The molecule has 0 radical (unpaired) electrons. The van der Waals surface area contributed by atoms with Crippen LogP contribution in [0.15, 0.2) is 60.7 Å². The predicted molar refractivity (Wildman–Crippen MR) is 104 cm³/mol. The van der Waals surface area contributed by atoms with Gasteiger partial charge in [0.05, 0.1) is 6.10 Å². The summed E-state index contributed by atoms with van der Waals surface area (Å²) < 4.78 is 12.3. The second-order valence-electron chi connectivity index (χ2n) is 6.45. The molecule has 5 heteroatoms. The van der Waals surface area contributed by atoms with Crippen LogP contribution in [0, 0.1) is 0 Å². The summed E-state index contributed by atoms with van der Waals surface area (Å²) in [6, 6.07) is 19.8. The first kappa shape index (κ1) is 19.4. The zero-order valence-corrected chi connectivity index (χ0v) is 15.9. The highest BCUT2D eigenvalue weighted by Crippen LogP contribution is 2.35. The van der Waals surface area contributed by atoms with Crippen molar-refractivity contribution in [1.29, 1.82) is 0 Å². The van der Waals surface area contributed by atoms with E-state index in [0.717, 1.165) is 16.9 Å². The van der Waals surface area contributed by atoms with Crippen molar-refractivity contribution in [3.63, 3.8) is 0 Å². The molecule has 1 aliphatic rings. The Morgan fingerprint density at radius 3 is 2.00 bits per heavy atom. The van der Waals surface area contributed by atoms with Crippen molar-refractivity contribution < 1.29 is 19.7 Å². The van der Waals surface area contributed by atoms with Crippen molar-refractivity contribution in [1.82, 2.24) is 0 Å². The van der Waals surface area contributed by atoms with Gasteiger partial charge in [0, 0.05) is 0 Å².